The fraction of sp³-hybridized carbons (Fsp3) is 0.0870. The highest BCUT2D eigenvalue weighted by atomic mass is 32.2. The summed E-state index contributed by atoms with van der Waals surface area (Å²) in [7, 11) is 0. The van der Waals surface area contributed by atoms with Crippen molar-refractivity contribution in [3.8, 4) is 0 Å². The van der Waals surface area contributed by atoms with Crippen LogP contribution in [0.1, 0.15) is 38.3 Å². The van der Waals surface area contributed by atoms with E-state index >= 15 is 0 Å². The maximum absolute atomic E-state index is 12.9. The monoisotopic (exact) mass is 387 g/mol. The molecule has 0 saturated heterocycles. The number of nitrogens with one attached hydrogen (secondary N) is 1. The Bertz CT molecular complexity index is 1080. The van der Waals surface area contributed by atoms with E-state index in [1.54, 1.807) is 54.2 Å². The second-order valence-corrected chi connectivity index (χ2v) is 7.56. The lowest BCUT2D eigenvalue weighted by Crippen LogP contribution is -2.24. The quantitative estimate of drug-likeness (QED) is 0.509. The molecule has 0 bridgehead atoms. The minimum Gasteiger partial charge on any atom is -0.325 e. The number of carbonyl (C=O) groups is 3. The van der Waals surface area contributed by atoms with Gasteiger partial charge in [0.1, 0.15) is 0 Å². The molecule has 1 aliphatic rings. The van der Waals surface area contributed by atoms with Crippen molar-refractivity contribution in [2.45, 2.75) is 11.3 Å². The van der Waals surface area contributed by atoms with Crippen molar-refractivity contribution in [1.82, 2.24) is 0 Å². The molecule has 0 unspecified atom stereocenters. The van der Waals surface area contributed by atoms with Crippen LogP contribution in [0.25, 0.3) is 0 Å². The number of thioether (sulfide) groups is 1. The molecule has 28 heavy (non-hydrogen) atoms. The third-order valence-electron chi connectivity index (χ3n) is 4.57. The Balaban J connectivity index is 1.51. The van der Waals surface area contributed by atoms with Crippen LogP contribution in [-0.2, 0) is 4.79 Å². The van der Waals surface area contributed by atoms with Crippen LogP contribution in [-0.4, -0.2) is 23.2 Å². The molecule has 0 radical (unpaired) electrons. The topological polar surface area (TPSA) is 63.2 Å². The minimum absolute atomic E-state index is 0.184. The number of carbonyl (C=O) groups excluding carboxylic acids is 3. The minimum atomic E-state index is -0.236. The van der Waals surface area contributed by atoms with Crippen molar-refractivity contribution >= 4 is 34.9 Å². The highest BCUT2D eigenvalue weighted by molar-refractivity contribution is 7.99. The summed E-state index contributed by atoms with van der Waals surface area (Å²) < 4.78 is 0. The molecule has 0 atom stereocenters. The SMILES string of the molecule is O=C(CCSc1ccccc1)Nc1cccc2c1C(=O)c1ccccc1C2=O. The lowest BCUT2D eigenvalue weighted by atomic mass is 9.83. The Labute approximate surface area is 167 Å². The molecule has 3 aromatic carbocycles. The molecule has 4 nitrogen and oxygen atoms in total. The van der Waals surface area contributed by atoms with Gasteiger partial charge in [-0.15, -0.1) is 11.8 Å². The summed E-state index contributed by atoms with van der Waals surface area (Å²) in [5.41, 5.74) is 1.78. The Morgan fingerprint density at radius 1 is 0.750 bits per heavy atom. The molecule has 4 rings (SSSR count). The molecule has 0 heterocycles. The number of hydrogen-bond acceptors (Lipinski definition) is 4. The second kappa shape index (κ2) is 7.82. The van der Waals surface area contributed by atoms with Crippen molar-refractivity contribution in [1.29, 1.82) is 0 Å². The van der Waals surface area contributed by atoms with Crippen molar-refractivity contribution in [3.05, 3.63) is 95.1 Å². The van der Waals surface area contributed by atoms with Gasteiger partial charge in [0.25, 0.3) is 0 Å². The van der Waals surface area contributed by atoms with Gasteiger partial charge in [0.15, 0.2) is 11.6 Å². The molecule has 1 aliphatic carbocycles. The lowest BCUT2D eigenvalue weighted by Gasteiger charge is -2.20. The molecule has 1 N–H and O–H groups in total. The first-order valence-electron chi connectivity index (χ1n) is 8.94. The number of fused-ring (bicyclic) bond motifs is 2. The number of benzene rings is 3. The first-order chi connectivity index (χ1) is 13.6. The predicted octanol–water partition coefficient (Wildman–Crippen LogP) is 4.58. The molecule has 0 spiro atoms. The van der Waals surface area contributed by atoms with Crippen LogP contribution in [0.5, 0.6) is 0 Å². The fourth-order valence-electron chi connectivity index (χ4n) is 3.24. The molecule has 5 heteroatoms. The molecule has 3 aromatic rings. The highest BCUT2D eigenvalue weighted by Crippen LogP contribution is 2.32. The van der Waals surface area contributed by atoms with Gasteiger partial charge in [-0.1, -0.05) is 54.6 Å². The van der Waals surface area contributed by atoms with E-state index < -0.39 is 0 Å². The van der Waals surface area contributed by atoms with E-state index in [2.05, 4.69) is 5.32 Å². The van der Waals surface area contributed by atoms with Gasteiger partial charge in [-0.25, -0.2) is 0 Å². The van der Waals surface area contributed by atoms with Crippen molar-refractivity contribution in [2.75, 3.05) is 11.1 Å². The van der Waals surface area contributed by atoms with Crippen LogP contribution < -0.4 is 5.32 Å². The van der Waals surface area contributed by atoms with E-state index in [1.165, 1.54) is 0 Å². The molecule has 0 aliphatic heterocycles. The molecule has 1 amide bonds. The number of anilines is 1. The summed E-state index contributed by atoms with van der Waals surface area (Å²) in [6.07, 6.45) is 0.307. The van der Waals surface area contributed by atoms with Crippen LogP contribution in [0.4, 0.5) is 5.69 Å². The molecule has 138 valence electrons. The van der Waals surface area contributed by atoms with Gasteiger partial charge in [0.05, 0.1) is 11.3 Å². The number of ketones is 2. The van der Waals surface area contributed by atoms with Gasteiger partial charge in [0, 0.05) is 33.8 Å². The summed E-state index contributed by atoms with van der Waals surface area (Å²) in [5.74, 6) is 0.0113. The average Bonchev–Trinajstić information content (AvgIpc) is 2.73. The molecular formula is C23H17NO3S. The molecule has 0 fully saturated rings. The zero-order valence-corrected chi connectivity index (χ0v) is 15.8. The van der Waals surface area contributed by atoms with Gasteiger partial charge in [0.2, 0.25) is 5.91 Å². The van der Waals surface area contributed by atoms with Gasteiger partial charge >= 0.3 is 0 Å². The molecular weight excluding hydrogens is 370 g/mol. The number of hydrogen-bond donors (Lipinski definition) is 1. The fourth-order valence-corrected chi connectivity index (χ4v) is 4.11. The summed E-state index contributed by atoms with van der Waals surface area (Å²) in [4.78, 5) is 39.2. The second-order valence-electron chi connectivity index (χ2n) is 6.39. The van der Waals surface area contributed by atoms with E-state index in [0.29, 0.717) is 34.6 Å². The standard InChI is InChI=1S/C23H17NO3S/c25-20(13-14-28-15-7-2-1-3-8-15)24-19-12-6-11-18-21(19)23(27)17-10-5-4-9-16(17)22(18)26/h1-12H,13-14H2,(H,24,25). The summed E-state index contributed by atoms with van der Waals surface area (Å²) in [6, 6.07) is 21.6. The Morgan fingerprint density at radius 3 is 2.14 bits per heavy atom. The summed E-state index contributed by atoms with van der Waals surface area (Å²) in [5, 5.41) is 2.81. The summed E-state index contributed by atoms with van der Waals surface area (Å²) >= 11 is 1.60. The van der Waals surface area contributed by atoms with Gasteiger partial charge in [-0.3, -0.25) is 14.4 Å². The third kappa shape index (κ3) is 3.49. The Morgan fingerprint density at radius 2 is 1.39 bits per heavy atom. The lowest BCUT2D eigenvalue weighted by molar-refractivity contribution is -0.115. The van der Waals surface area contributed by atoms with E-state index in [4.69, 9.17) is 0 Å². The predicted molar refractivity (Wildman–Crippen MR) is 110 cm³/mol. The zero-order chi connectivity index (χ0) is 19.5. The van der Waals surface area contributed by atoms with Crippen LogP contribution >= 0.6 is 11.8 Å². The van der Waals surface area contributed by atoms with Crippen LogP contribution in [0.15, 0.2) is 77.7 Å². The van der Waals surface area contributed by atoms with E-state index in [9.17, 15) is 14.4 Å². The first-order valence-corrected chi connectivity index (χ1v) is 9.93. The highest BCUT2D eigenvalue weighted by Gasteiger charge is 2.31. The normalized spacial score (nSPS) is 12.3. The Kier molecular flexibility index (Phi) is 5.08. The molecule has 0 saturated carbocycles. The average molecular weight is 387 g/mol. The summed E-state index contributed by atoms with van der Waals surface area (Å²) in [6.45, 7) is 0. The van der Waals surface area contributed by atoms with Crippen molar-refractivity contribution < 1.29 is 14.4 Å². The van der Waals surface area contributed by atoms with E-state index in [1.807, 2.05) is 30.3 Å². The van der Waals surface area contributed by atoms with Crippen LogP contribution in [0.3, 0.4) is 0 Å². The first kappa shape index (κ1) is 18.2. The third-order valence-corrected chi connectivity index (χ3v) is 5.58. The van der Waals surface area contributed by atoms with Crippen molar-refractivity contribution in [3.63, 3.8) is 0 Å². The zero-order valence-electron chi connectivity index (χ0n) is 15.0. The van der Waals surface area contributed by atoms with Crippen molar-refractivity contribution in [2.24, 2.45) is 0 Å². The maximum Gasteiger partial charge on any atom is 0.225 e. The smallest absolute Gasteiger partial charge is 0.225 e. The number of amides is 1. The maximum atomic E-state index is 12.9. The van der Waals surface area contributed by atoms with Crippen LogP contribution in [0, 0.1) is 0 Å². The van der Waals surface area contributed by atoms with E-state index in [-0.39, 0.29) is 23.0 Å². The molecule has 0 aromatic heterocycles. The van der Waals surface area contributed by atoms with Gasteiger partial charge in [-0.05, 0) is 18.2 Å². The largest absolute Gasteiger partial charge is 0.325 e. The van der Waals surface area contributed by atoms with E-state index in [0.717, 1.165) is 4.90 Å². The van der Waals surface area contributed by atoms with Gasteiger partial charge in [-0.2, -0.15) is 0 Å². The van der Waals surface area contributed by atoms with Crippen LogP contribution in [0.2, 0.25) is 0 Å². The number of rotatable bonds is 5. The van der Waals surface area contributed by atoms with Gasteiger partial charge < -0.3 is 5.32 Å². The Hall–Kier alpha value is -3.18.